The highest BCUT2D eigenvalue weighted by Gasteiger charge is 2.11. The van der Waals surface area contributed by atoms with Crippen LogP contribution in [0.5, 0.6) is 0 Å². The number of anilines is 2. The van der Waals surface area contributed by atoms with E-state index in [0.717, 1.165) is 16.8 Å². The van der Waals surface area contributed by atoms with Gasteiger partial charge in [-0.1, -0.05) is 11.6 Å². The van der Waals surface area contributed by atoms with Crippen LogP contribution in [0.1, 0.15) is 0 Å². The molecule has 0 aliphatic rings. The Morgan fingerprint density at radius 1 is 0.955 bits per heavy atom. The third-order valence-corrected chi connectivity index (χ3v) is 3.63. The van der Waals surface area contributed by atoms with Crippen molar-refractivity contribution in [3.05, 3.63) is 47.5 Å². The van der Waals surface area contributed by atoms with E-state index in [9.17, 15) is 0 Å². The minimum atomic E-state index is 0.411. The second kappa shape index (κ2) is 5.69. The first kappa shape index (κ1) is 14.4. The first-order chi connectivity index (χ1) is 10.5. The minimum Gasteiger partial charge on any atom is -0.416 e. The number of hydrogen-bond acceptors (Lipinski definition) is 5. The van der Waals surface area contributed by atoms with Crippen LogP contribution in [-0.4, -0.2) is 24.3 Å². The highest BCUT2D eigenvalue weighted by molar-refractivity contribution is 6.33. The van der Waals surface area contributed by atoms with Crippen molar-refractivity contribution in [2.24, 2.45) is 0 Å². The van der Waals surface area contributed by atoms with Crippen LogP contribution in [0.15, 0.2) is 46.9 Å². The molecule has 2 N–H and O–H groups in total. The smallest absolute Gasteiger partial charge is 0.248 e. The molecule has 0 saturated heterocycles. The number of halogens is 1. The van der Waals surface area contributed by atoms with Crippen molar-refractivity contribution >= 4 is 23.0 Å². The molecule has 0 radical (unpaired) electrons. The normalized spacial score (nSPS) is 10.7. The number of nitrogen functional groups attached to an aromatic ring is 1. The lowest BCUT2D eigenvalue weighted by Gasteiger charge is -2.11. The van der Waals surface area contributed by atoms with Crippen LogP contribution in [0.2, 0.25) is 5.02 Å². The molecular formula is C16H15ClN4O. The number of hydrogen-bond donors (Lipinski definition) is 1. The van der Waals surface area contributed by atoms with E-state index in [0.29, 0.717) is 22.5 Å². The second-order valence-electron chi connectivity index (χ2n) is 5.09. The Morgan fingerprint density at radius 3 is 2.14 bits per heavy atom. The van der Waals surface area contributed by atoms with E-state index in [4.69, 9.17) is 21.8 Å². The van der Waals surface area contributed by atoms with Crippen LogP contribution in [0.3, 0.4) is 0 Å². The summed E-state index contributed by atoms with van der Waals surface area (Å²) in [5.74, 6) is 0.877. The predicted octanol–water partition coefficient (Wildman–Crippen LogP) is 3.71. The van der Waals surface area contributed by atoms with Gasteiger partial charge < -0.3 is 15.1 Å². The number of nitrogens with zero attached hydrogens (tertiary/aromatic N) is 3. The third kappa shape index (κ3) is 2.76. The van der Waals surface area contributed by atoms with Crippen molar-refractivity contribution in [3.63, 3.8) is 0 Å². The lowest BCUT2D eigenvalue weighted by atomic mass is 10.2. The molecule has 1 heterocycles. The van der Waals surface area contributed by atoms with Gasteiger partial charge in [-0.25, -0.2) is 0 Å². The molecule has 0 spiro atoms. The maximum absolute atomic E-state index is 6.02. The quantitative estimate of drug-likeness (QED) is 0.746. The summed E-state index contributed by atoms with van der Waals surface area (Å²) >= 11 is 6.02. The van der Waals surface area contributed by atoms with E-state index >= 15 is 0 Å². The fraction of sp³-hybridized carbons (Fsp3) is 0.125. The van der Waals surface area contributed by atoms with Crippen molar-refractivity contribution in [2.75, 3.05) is 24.7 Å². The van der Waals surface area contributed by atoms with Crippen molar-refractivity contribution < 1.29 is 4.42 Å². The van der Waals surface area contributed by atoms with E-state index in [2.05, 4.69) is 10.2 Å². The van der Waals surface area contributed by atoms with Gasteiger partial charge in [0.2, 0.25) is 11.8 Å². The van der Waals surface area contributed by atoms with Gasteiger partial charge in [0.15, 0.2) is 0 Å². The molecule has 0 atom stereocenters. The van der Waals surface area contributed by atoms with E-state index in [1.807, 2.05) is 43.3 Å². The maximum atomic E-state index is 6.02. The molecule has 0 saturated carbocycles. The minimum absolute atomic E-state index is 0.411. The first-order valence-corrected chi connectivity index (χ1v) is 7.09. The van der Waals surface area contributed by atoms with Crippen LogP contribution in [0.4, 0.5) is 11.4 Å². The molecule has 5 nitrogen and oxygen atoms in total. The lowest BCUT2D eigenvalue weighted by molar-refractivity contribution is 0.584. The molecule has 3 aromatic rings. The van der Waals surface area contributed by atoms with Crippen molar-refractivity contribution in [1.29, 1.82) is 0 Å². The standard InChI is InChI=1S/C16H15ClN4O/c1-21(2)12-6-3-10(4-7-12)15-19-20-16(22-15)11-5-8-14(18)13(17)9-11/h3-9H,18H2,1-2H3. The van der Waals surface area contributed by atoms with E-state index < -0.39 is 0 Å². The average molecular weight is 315 g/mol. The molecule has 0 amide bonds. The summed E-state index contributed by atoms with van der Waals surface area (Å²) in [5, 5.41) is 8.61. The van der Waals surface area contributed by atoms with Crippen LogP contribution in [0, 0.1) is 0 Å². The van der Waals surface area contributed by atoms with Crippen LogP contribution < -0.4 is 10.6 Å². The van der Waals surface area contributed by atoms with Gasteiger partial charge in [0, 0.05) is 30.9 Å². The van der Waals surface area contributed by atoms with Crippen molar-refractivity contribution in [2.45, 2.75) is 0 Å². The third-order valence-electron chi connectivity index (χ3n) is 3.30. The van der Waals surface area contributed by atoms with Crippen molar-refractivity contribution in [3.8, 4) is 22.9 Å². The van der Waals surface area contributed by atoms with Crippen LogP contribution >= 0.6 is 11.6 Å². The molecule has 112 valence electrons. The first-order valence-electron chi connectivity index (χ1n) is 6.71. The van der Waals surface area contributed by atoms with Gasteiger partial charge in [-0.3, -0.25) is 0 Å². The molecule has 1 aromatic heterocycles. The Kier molecular flexibility index (Phi) is 3.73. The summed E-state index contributed by atoms with van der Waals surface area (Å²) in [7, 11) is 3.98. The Bertz CT molecular complexity index is 796. The summed E-state index contributed by atoms with van der Waals surface area (Å²) in [6.45, 7) is 0. The van der Waals surface area contributed by atoms with Crippen LogP contribution in [-0.2, 0) is 0 Å². The van der Waals surface area contributed by atoms with E-state index in [-0.39, 0.29) is 0 Å². The summed E-state index contributed by atoms with van der Waals surface area (Å²) in [6.07, 6.45) is 0. The fourth-order valence-electron chi connectivity index (χ4n) is 2.02. The summed E-state index contributed by atoms with van der Waals surface area (Å²) < 4.78 is 5.72. The highest BCUT2D eigenvalue weighted by Crippen LogP contribution is 2.28. The van der Waals surface area contributed by atoms with E-state index in [1.54, 1.807) is 18.2 Å². The van der Waals surface area contributed by atoms with Gasteiger partial charge in [0.25, 0.3) is 0 Å². The molecule has 2 aromatic carbocycles. The zero-order valence-corrected chi connectivity index (χ0v) is 13.0. The molecule has 3 rings (SSSR count). The second-order valence-corrected chi connectivity index (χ2v) is 5.50. The fourth-order valence-corrected chi connectivity index (χ4v) is 2.20. The molecule has 0 bridgehead atoms. The summed E-state index contributed by atoms with van der Waals surface area (Å²) in [6, 6.07) is 13.1. The molecule has 0 aliphatic heterocycles. The Labute approximate surface area is 133 Å². The number of rotatable bonds is 3. The average Bonchev–Trinajstić information content (AvgIpc) is 3.00. The SMILES string of the molecule is CN(C)c1ccc(-c2nnc(-c3ccc(N)c(Cl)c3)o2)cc1. The van der Waals surface area contributed by atoms with Gasteiger partial charge in [0.05, 0.1) is 10.7 Å². The Balaban J connectivity index is 1.91. The lowest BCUT2D eigenvalue weighted by Crippen LogP contribution is -2.07. The Hall–Kier alpha value is -2.53. The Morgan fingerprint density at radius 2 is 1.55 bits per heavy atom. The monoisotopic (exact) mass is 314 g/mol. The molecular weight excluding hydrogens is 300 g/mol. The number of nitrogens with two attached hydrogens (primary N) is 1. The molecule has 0 aliphatic carbocycles. The zero-order chi connectivity index (χ0) is 15.7. The van der Waals surface area contributed by atoms with Gasteiger partial charge in [-0.2, -0.15) is 0 Å². The number of aromatic nitrogens is 2. The van der Waals surface area contributed by atoms with Gasteiger partial charge in [-0.05, 0) is 42.5 Å². The predicted molar refractivity (Wildman–Crippen MR) is 88.9 cm³/mol. The zero-order valence-electron chi connectivity index (χ0n) is 12.2. The van der Waals surface area contributed by atoms with Crippen LogP contribution in [0.25, 0.3) is 22.9 Å². The highest BCUT2D eigenvalue weighted by atomic mass is 35.5. The topological polar surface area (TPSA) is 68.2 Å². The van der Waals surface area contributed by atoms with Gasteiger partial charge in [0.1, 0.15) is 0 Å². The molecule has 22 heavy (non-hydrogen) atoms. The largest absolute Gasteiger partial charge is 0.416 e. The summed E-state index contributed by atoms with van der Waals surface area (Å²) in [4.78, 5) is 2.03. The number of benzene rings is 2. The summed E-state index contributed by atoms with van der Waals surface area (Å²) in [5.41, 5.74) is 8.93. The van der Waals surface area contributed by atoms with Gasteiger partial charge in [-0.15, -0.1) is 10.2 Å². The van der Waals surface area contributed by atoms with Crippen molar-refractivity contribution in [1.82, 2.24) is 10.2 Å². The van der Waals surface area contributed by atoms with E-state index in [1.165, 1.54) is 0 Å². The molecule has 0 unspecified atom stereocenters. The molecule has 0 fully saturated rings. The molecule has 6 heteroatoms. The maximum Gasteiger partial charge on any atom is 0.248 e. The van der Waals surface area contributed by atoms with Gasteiger partial charge >= 0.3 is 0 Å².